The summed E-state index contributed by atoms with van der Waals surface area (Å²) in [5.74, 6) is 2.06. The number of rotatable bonds is 5. The van der Waals surface area contributed by atoms with Gasteiger partial charge in [-0.15, -0.1) is 10.2 Å². The quantitative estimate of drug-likeness (QED) is 0.579. The number of non-ortho nitro benzene ring substituents is 1. The van der Waals surface area contributed by atoms with Crippen molar-refractivity contribution in [2.24, 2.45) is 0 Å². The second-order valence-corrected chi connectivity index (χ2v) is 7.23. The number of ether oxygens (including phenoxy) is 1. The van der Waals surface area contributed by atoms with Gasteiger partial charge >= 0.3 is 0 Å². The van der Waals surface area contributed by atoms with Gasteiger partial charge < -0.3 is 14.2 Å². The number of hydrogen-bond acceptors (Lipinski definition) is 6. The van der Waals surface area contributed by atoms with Crippen molar-refractivity contribution in [2.75, 3.05) is 13.2 Å². The number of aromatic nitrogens is 3. The molecule has 1 aromatic heterocycles. The average Bonchev–Trinajstić information content (AvgIpc) is 3.27. The molecule has 2 aliphatic heterocycles. The fourth-order valence-electron chi connectivity index (χ4n) is 4.00. The van der Waals surface area contributed by atoms with Crippen molar-refractivity contribution < 1.29 is 14.5 Å². The van der Waals surface area contributed by atoms with Crippen LogP contribution in [0.2, 0.25) is 0 Å². The lowest BCUT2D eigenvalue weighted by atomic mass is 10.2. The van der Waals surface area contributed by atoms with Crippen molar-refractivity contribution >= 4 is 11.6 Å². The van der Waals surface area contributed by atoms with Gasteiger partial charge in [0.1, 0.15) is 11.6 Å². The third-order valence-corrected chi connectivity index (χ3v) is 5.40. The lowest BCUT2D eigenvalue weighted by Crippen LogP contribution is -2.35. The highest BCUT2D eigenvalue weighted by atomic mass is 16.6. The van der Waals surface area contributed by atoms with Crippen LogP contribution in [0.15, 0.2) is 24.3 Å². The normalized spacial score (nSPS) is 19.1. The third kappa shape index (κ3) is 3.69. The minimum absolute atomic E-state index is 0.0600. The second kappa shape index (κ2) is 7.95. The van der Waals surface area contributed by atoms with Gasteiger partial charge in [0.05, 0.1) is 17.0 Å². The molecular weight excluding hydrogens is 362 g/mol. The number of nitro groups is 1. The highest BCUT2D eigenvalue weighted by Crippen LogP contribution is 2.32. The Labute approximate surface area is 162 Å². The van der Waals surface area contributed by atoms with Crippen LogP contribution in [0.25, 0.3) is 0 Å². The number of amides is 1. The van der Waals surface area contributed by atoms with E-state index in [1.807, 2.05) is 0 Å². The first-order valence-corrected chi connectivity index (χ1v) is 9.72. The largest absolute Gasteiger partial charge is 0.484 e. The molecule has 1 fully saturated rings. The SMILES string of the molecule is O=C(COc1cccc([N+](=O)[O-])c1)N1CCCC1c1nnc2n1CCCCC2. The molecule has 1 unspecified atom stereocenters. The van der Waals surface area contributed by atoms with Crippen molar-refractivity contribution in [3.8, 4) is 5.75 Å². The van der Waals surface area contributed by atoms with E-state index in [1.54, 1.807) is 17.0 Å². The standard InChI is InChI=1S/C19H23N5O4/c25-18(13-28-15-7-4-6-14(12-15)24(26)27)22-11-5-8-16(22)19-21-20-17-9-2-1-3-10-23(17)19/h4,6-7,12,16H,1-3,5,8-11,13H2. The molecule has 1 amide bonds. The molecule has 2 aliphatic rings. The monoisotopic (exact) mass is 385 g/mol. The van der Waals surface area contributed by atoms with E-state index in [-0.39, 0.29) is 24.2 Å². The first kappa shape index (κ1) is 18.4. The number of benzene rings is 1. The molecule has 148 valence electrons. The number of fused-ring (bicyclic) bond motifs is 1. The van der Waals surface area contributed by atoms with Crippen LogP contribution in [0.4, 0.5) is 5.69 Å². The van der Waals surface area contributed by atoms with Crippen LogP contribution in [0.3, 0.4) is 0 Å². The summed E-state index contributed by atoms with van der Waals surface area (Å²) in [5.41, 5.74) is -0.0600. The van der Waals surface area contributed by atoms with Crippen LogP contribution in [0.1, 0.15) is 49.8 Å². The number of carbonyl (C=O) groups is 1. The average molecular weight is 385 g/mol. The van der Waals surface area contributed by atoms with Crippen molar-refractivity contribution in [2.45, 2.75) is 51.1 Å². The van der Waals surface area contributed by atoms with E-state index in [0.29, 0.717) is 12.3 Å². The van der Waals surface area contributed by atoms with Crippen molar-refractivity contribution in [1.82, 2.24) is 19.7 Å². The zero-order valence-electron chi connectivity index (χ0n) is 15.6. The van der Waals surface area contributed by atoms with Gasteiger partial charge in [-0.2, -0.15) is 0 Å². The lowest BCUT2D eigenvalue weighted by molar-refractivity contribution is -0.384. The summed E-state index contributed by atoms with van der Waals surface area (Å²) in [6, 6.07) is 5.79. The minimum atomic E-state index is -0.484. The Bertz CT molecular complexity index is 881. The van der Waals surface area contributed by atoms with E-state index < -0.39 is 4.92 Å². The first-order valence-electron chi connectivity index (χ1n) is 9.72. The smallest absolute Gasteiger partial charge is 0.273 e. The highest BCUT2D eigenvalue weighted by Gasteiger charge is 2.34. The summed E-state index contributed by atoms with van der Waals surface area (Å²) < 4.78 is 7.72. The summed E-state index contributed by atoms with van der Waals surface area (Å²) in [7, 11) is 0. The maximum atomic E-state index is 12.8. The Morgan fingerprint density at radius 1 is 1.21 bits per heavy atom. The molecule has 0 aliphatic carbocycles. The lowest BCUT2D eigenvalue weighted by Gasteiger charge is -2.24. The van der Waals surface area contributed by atoms with Crippen LogP contribution in [-0.4, -0.2) is 43.6 Å². The predicted octanol–water partition coefficient (Wildman–Crippen LogP) is 2.66. The Balaban J connectivity index is 1.45. The molecule has 0 bridgehead atoms. The van der Waals surface area contributed by atoms with Crippen LogP contribution in [-0.2, 0) is 17.8 Å². The van der Waals surface area contributed by atoms with E-state index in [1.165, 1.54) is 18.6 Å². The van der Waals surface area contributed by atoms with Crippen molar-refractivity contribution in [1.29, 1.82) is 0 Å². The number of nitro benzene ring substituents is 1. The van der Waals surface area contributed by atoms with Crippen LogP contribution in [0.5, 0.6) is 5.75 Å². The van der Waals surface area contributed by atoms with Gasteiger partial charge in [0.25, 0.3) is 11.6 Å². The van der Waals surface area contributed by atoms with Gasteiger partial charge in [-0.25, -0.2) is 0 Å². The molecule has 3 heterocycles. The summed E-state index contributed by atoms with van der Waals surface area (Å²) in [6.07, 6.45) is 6.13. The molecule has 28 heavy (non-hydrogen) atoms. The molecule has 1 saturated heterocycles. The van der Waals surface area contributed by atoms with Crippen LogP contribution < -0.4 is 4.74 Å². The summed E-state index contributed by atoms with van der Waals surface area (Å²) in [6.45, 7) is 1.41. The number of hydrogen-bond donors (Lipinski definition) is 0. The molecule has 9 heteroatoms. The Hall–Kier alpha value is -2.97. The van der Waals surface area contributed by atoms with Gasteiger partial charge in [0.2, 0.25) is 0 Å². The van der Waals surface area contributed by atoms with E-state index in [9.17, 15) is 14.9 Å². The summed E-state index contributed by atoms with van der Waals surface area (Å²) in [4.78, 5) is 25.0. The van der Waals surface area contributed by atoms with Gasteiger partial charge in [-0.3, -0.25) is 14.9 Å². The van der Waals surface area contributed by atoms with Crippen LogP contribution in [0, 0.1) is 10.1 Å². The van der Waals surface area contributed by atoms with E-state index in [0.717, 1.165) is 50.3 Å². The zero-order valence-corrected chi connectivity index (χ0v) is 15.6. The molecule has 0 spiro atoms. The van der Waals surface area contributed by atoms with Gasteiger partial charge in [-0.1, -0.05) is 12.5 Å². The van der Waals surface area contributed by atoms with Gasteiger partial charge in [0, 0.05) is 25.6 Å². The fraction of sp³-hybridized carbons (Fsp3) is 0.526. The van der Waals surface area contributed by atoms with Crippen molar-refractivity contribution in [3.63, 3.8) is 0 Å². The van der Waals surface area contributed by atoms with Crippen molar-refractivity contribution in [3.05, 3.63) is 46.0 Å². The summed E-state index contributed by atoms with van der Waals surface area (Å²) in [5, 5.41) is 19.6. The number of likely N-dealkylation sites (tertiary alicyclic amines) is 1. The number of carbonyl (C=O) groups excluding carboxylic acids is 1. The second-order valence-electron chi connectivity index (χ2n) is 7.23. The maximum Gasteiger partial charge on any atom is 0.273 e. The highest BCUT2D eigenvalue weighted by molar-refractivity contribution is 5.78. The minimum Gasteiger partial charge on any atom is -0.484 e. The molecule has 9 nitrogen and oxygen atoms in total. The number of nitrogens with zero attached hydrogens (tertiary/aromatic N) is 5. The molecule has 2 aromatic rings. The van der Waals surface area contributed by atoms with Crippen LogP contribution >= 0.6 is 0 Å². The Morgan fingerprint density at radius 2 is 2.11 bits per heavy atom. The van der Waals surface area contributed by atoms with Gasteiger partial charge in [-0.05, 0) is 31.7 Å². The van der Waals surface area contributed by atoms with E-state index in [2.05, 4.69) is 14.8 Å². The molecule has 0 N–H and O–H groups in total. The molecule has 0 radical (unpaired) electrons. The molecule has 1 aromatic carbocycles. The Morgan fingerprint density at radius 3 is 2.96 bits per heavy atom. The van der Waals surface area contributed by atoms with E-state index in [4.69, 9.17) is 4.74 Å². The molecule has 4 rings (SSSR count). The Kier molecular flexibility index (Phi) is 5.23. The molecule has 1 atom stereocenters. The van der Waals surface area contributed by atoms with E-state index >= 15 is 0 Å². The summed E-state index contributed by atoms with van der Waals surface area (Å²) >= 11 is 0. The maximum absolute atomic E-state index is 12.8. The predicted molar refractivity (Wildman–Crippen MR) is 99.9 cm³/mol. The molecule has 0 saturated carbocycles. The van der Waals surface area contributed by atoms with Gasteiger partial charge in [0.15, 0.2) is 12.4 Å². The molecular formula is C19H23N5O4. The zero-order chi connectivity index (χ0) is 19.5. The fourth-order valence-corrected chi connectivity index (χ4v) is 4.00. The third-order valence-electron chi connectivity index (χ3n) is 5.40. The topological polar surface area (TPSA) is 103 Å². The number of aryl methyl sites for hydroxylation is 1. The first-order chi connectivity index (χ1) is 13.6.